The second-order valence-electron chi connectivity index (χ2n) is 6.49. The van der Waals surface area contributed by atoms with Gasteiger partial charge in [-0.3, -0.25) is 4.79 Å². The molecule has 30 heavy (non-hydrogen) atoms. The minimum Gasteiger partial charge on any atom is -0.497 e. The lowest BCUT2D eigenvalue weighted by atomic mass is 10.2. The maximum absolute atomic E-state index is 12.3. The van der Waals surface area contributed by atoms with Crippen LogP contribution in [0, 0.1) is 6.92 Å². The molecule has 9 nitrogen and oxygen atoms in total. The van der Waals surface area contributed by atoms with Crippen LogP contribution >= 0.6 is 0 Å². The van der Waals surface area contributed by atoms with Gasteiger partial charge in [-0.25, -0.2) is 9.78 Å². The van der Waals surface area contributed by atoms with Gasteiger partial charge in [0, 0.05) is 11.6 Å². The number of fused-ring (bicyclic) bond motifs is 1. The van der Waals surface area contributed by atoms with Crippen molar-refractivity contribution in [2.75, 3.05) is 19.0 Å². The van der Waals surface area contributed by atoms with Gasteiger partial charge in [-0.05, 0) is 49.4 Å². The Hall–Kier alpha value is -4.14. The van der Waals surface area contributed by atoms with E-state index in [4.69, 9.17) is 14.0 Å². The first-order valence-corrected chi connectivity index (χ1v) is 9.06. The van der Waals surface area contributed by atoms with Crippen LogP contribution in [0.2, 0.25) is 0 Å². The molecule has 2 N–H and O–H groups in total. The zero-order valence-electron chi connectivity index (χ0n) is 16.3. The number of carbonyl (C=O) groups excluding carboxylic acids is 2. The molecule has 0 fully saturated rings. The smallest absolute Gasteiger partial charge is 0.338 e. The summed E-state index contributed by atoms with van der Waals surface area (Å²) in [5.41, 5.74) is 2.57. The summed E-state index contributed by atoms with van der Waals surface area (Å²) in [6, 6.07) is 14.0. The Morgan fingerprint density at radius 3 is 2.63 bits per heavy atom. The van der Waals surface area contributed by atoms with Crippen LogP contribution in [0.5, 0.6) is 5.75 Å². The number of rotatable bonds is 6. The highest BCUT2D eigenvalue weighted by molar-refractivity contribution is 5.97. The van der Waals surface area contributed by atoms with Crippen molar-refractivity contribution in [3.8, 4) is 17.1 Å². The van der Waals surface area contributed by atoms with Crippen LogP contribution in [0.15, 0.2) is 53.1 Å². The summed E-state index contributed by atoms with van der Waals surface area (Å²) in [5.74, 6) is 1.11. The van der Waals surface area contributed by atoms with E-state index in [1.165, 1.54) is 0 Å². The van der Waals surface area contributed by atoms with Crippen LogP contribution in [0.4, 0.5) is 5.82 Å². The molecular weight excluding hydrogens is 388 g/mol. The number of hydrogen-bond donors (Lipinski definition) is 2. The normalized spacial score (nSPS) is 10.7. The number of anilines is 1. The Kier molecular flexibility index (Phi) is 5.17. The number of benzene rings is 2. The fourth-order valence-corrected chi connectivity index (χ4v) is 2.84. The van der Waals surface area contributed by atoms with E-state index >= 15 is 0 Å². The Balaban J connectivity index is 1.43. The van der Waals surface area contributed by atoms with Crippen LogP contribution in [-0.4, -0.2) is 40.7 Å². The number of H-pyrrole nitrogens is 1. The third kappa shape index (κ3) is 4.14. The number of carbonyl (C=O) groups is 2. The molecule has 0 saturated carbocycles. The van der Waals surface area contributed by atoms with Gasteiger partial charge < -0.3 is 24.3 Å². The molecule has 0 aliphatic rings. The van der Waals surface area contributed by atoms with E-state index in [-0.39, 0.29) is 5.82 Å². The first kappa shape index (κ1) is 19.2. The quantitative estimate of drug-likeness (QED) is 0.471. The number of methoxy groups -OCH3 is 1. The molecular formula is C21H18N4O5. The standard InChI is InChI=1S/C21H18N4O5/c1-12-9-18(25-30-12)24-19(26)11-29-21(27)14-5-8-16-17(10-14)23-20(22-16)13-3-6-15(28-2)7-4-13/h3-10H,11H2,1-2H3,(H,22,23)(H,24,25,26). The number of aromatic nitrogens is 3. The number of amides is 1. The molecule has 0 unspecified atom stereocenters. The van der Waals surface area contributed by atoms with Gasteiger partial charge in [0.05, 0.1) is 23.7 Å². The molecule has 4 rings (SSSR count). The zero-order valence-corrected chi connectivity index (χ0v) is 16.3. The molecule has 152 valence electrons. The van der Waals surface area contributed by atoms with E-state index in [1.54, 1.807) is 38.3 Å². The summed E-state index contributed by atoms with van der Waals surface area (Å²) in [4.78, 5) is 31.9. The monoisotopic (exact) mass is 406 g/mol. The maximum Gasteiger partial charge on any atom is 0.338 e. The van der Waals surface area contributed by atoms with Crippen LogP contribution in [0.3, 0.4) is 0 Å². The van der Waals surface area contributed by atoms with Gasteiger partial charge in [0.25, 0.3) is 5.91 Å². The Morgan fingerprint density at radius 2 is 1.93 bits per heavy atom. The first-order chi connectivity index (χ1) is 14.5. The number of hydrogen-bond acceptors (Lipinski definition) is 7. The highest BCUT2D eigenvalue weighted by Crippen LogP contribution is 2.23. The van der Waals surface area contributed by atoms with E-state index < -0.39 is 18.5 Å². The van der Waals surface area contributed by atoms with E-state index in [0.717, 1.165) is 11.3 Å². The average Bonchev–Trinajstić information content (AvgIpc) is 3.37. The van der Waals surface area contributed by atoms with Crippen LogP contribution in [0.25, 0.3) is 22.4 Å². The van der Waals surface area contributed by atoms with Gasteiger partial charge in [0.15, 0.2) is 12.4 Å². The lowest BCUT2D eigenvalue weighted by molar-refractivity contribution is -0.119. The van der Waals surface area contributed by atoms with Gasteiger partial charge in [-0.1, -0.05) is 5.16 Å². The van der Waals surface area contributed by atoms with E-state index in [9.17, 15) is 9.59 Å². The fourth-order valence-electron chi connectivity index (χ4n) is 2.84. The van der Waals surface area contributed by atoms with Crippen molar-refractivity contribution in [3.63, 3.8) is 0 Å². The summed E-state index contributed by atoms with van der Waals surface area (Å²) in [7, 11) is 1.61. The Labute approximate surface area is 171 Å². The minimum atomic E-state index is -0.621. The molecule has 0 saturated heterocycles. The van der Waals surface area contributed by atoms with Gasteiger partial charge in [0.1, 0.15) is 17.3 Å². The third-order valence-electron chi connectivity index (χ3n) is 4.31. The number of aryl methyl sites for hydroxylation is 1. The maximum atomic E-state index is 12.3. The summed E-state index contributed by atoms with van der Waals surface area (Å²) >= 11 is 0. The molecule has 4 aromatic rings. The number of esters is 1. The summed E-state index contributed by atoms with van der Waals surface area (Å²) in [6.07, 6.45) is 0. The van der Waals surface area contributed by atoms with Crippen molar-refractivity contribution in [1.29, 1.82) is 0 Å². The van der Waals surface area contributed by atoms with Gasteiger partial charge >= 0.3 is 5.97 Å². The molecule has 0 aliphatic heterocycles. The molecule has 0 bridgehead atoms. The molecule has 0 aliphatic carbocycles. The van der Waals surface area contributed by atoms with E-state index in [2.05, 4.69) is 20.4 Å². The lowest BCUT2D eigenvalue weighted by Crippen LogP contribution is -2.21. The molecule has 2 aromatic heterocycles. The van der Waals surface area contributed by atoms with Crippen LogP contribution in [0.1, 0.15) is 16.1 Å². The SMILES string of the molecule is COc1ccc(-c2nc3ccc(C(=O)OCC(=O)Nc4cc(C)on4)cc3[nH]2)cc1. The molecule has 2 aromatic carbocycles. The van der Waals surface area contributed by atoms with Crippen LogP contribution in [-0.2, 0) is 9.53 Å². The molecule has 0 radical (unpaired) electrons. The summed E-state index contributed by atoms with van der Waals surface area (Å²) < 4.78 is 15.1. The number of aromatic amines is 1. The second-order valence-corrected chi connectivity index (χ2v) is 6.49. The van der Waals surface area contributed by atoms with Crippen molar-refractivity contribution in [1.82, 2.24) is 15.1 Å². The lowest BCUT2D eigenvalue weighted by Gasteiger charge is -2.04. The van der Waals surface area contributed by atoms with Crippen molar-refractivity contribution in [2.24, 2.45) is 0 Å². The molecule has 9 heteroatoms. The van der Waals surface area contributed by atoms with Crippen LogP contribution < -0.4 is 10.1 Å². The molecule has 1 amide bonds. The number of nitrogens with one attached hydrogen (secondary N) is 2. The summed E-state index contributed by atoms with van der Waals surface area (Å²) in [5, 5.41) is 6.13. The van der Waals surface area contributed by atoms with Crippen molar-refractivity contribution < 1.29 is 23.6 Å². The van der Waals surface area contributed by atoms with Gasteiger partial charge in [-0.15, -0.1) is 0 Å². The van der Waals surface area contributed by atoms with Crippen molar-refractivity contribution in [2.45, 2.75) is 6.92 Å². The Morgan fingerprint density at radius 1 is 1.13 bits per heavy atom. The predicted octanol–water partition coefficient (Wildman–Crippen LogP) is 3.33. The number of imidazole rings is 1. The minimum absolute atomic E-state index is 0.262. The number of nitrogens with zero attached hydrogens (tertiary/aromatic N) is 2. The third-order valence-corrected chi connectivity index (χ3v) is 4.31. The van der Waals surface area contributed by atoms with Gasteiger partial charge in [0.2, 0.25) is 0 Å². The predicted molar refractivity (Wildman–Crippen MR) is 108 cm³/mol. The van der Waals surface area contributed by atoms with Gasteiger partial charge in [-0.2, -0.15) is 0 Å². The highest BCUT2D eigenvalue weighted by atomic mass is 16.5. The molecule has 0 spiro atoms. The average molecular weight is 406 g/mol. The number of ether oxygens (including phenoxy) is 2. The Bertz CT molecular complexity index is 1210. The van der Waals surface area contributed by atoms with Crippen molar-refractivity contribution >= 4 is 28.7 Å². The zero-order chi connectivity index (χ0) is 21.1. The van der Waals surface area contributed by atoms with E-state index in [1.807, 2.05) is 24.3 Å². The first-order valence-electron chi connectivity index (χ1n) is 9.06. The second kappa shape index (κ2) is 8.08. The highest BCUT2D eigenvalue weighted by Gasteiger charge is 2.14. The summed E-state index contributed by atoms with van der Waals surface area (Å²) in [6.45, 7) is 1.26. The molecule has 0 atom stereocenters. The fraction of sp³-hybridized carbons (Fsp3) is 0.143. The molecule has 2 heterocycles. The largest absolute Gasteiger partial charge is 0.497 e. The van der Waals surface area contributed by atoms with E-state index in [0.29, 0.717) is 28.2 Å². The topological polar surface area (TPSA) is 119 Å². The van der Waals surface area contributed by atoms with Crippen molar-refractivity contribution in [3.05, 3.63) is 59.9 Å².